The number of pyridine rings is 1. The van der Waals surface area contributed by atoms with Crippen molar-refractivity contribution in [3.8, 4) is 0 Å². The Hall–Kier alpha value is -0.840. The van der Waals surface area contributed by atoms with Gasteiger partial charge in [0.25, 0.3) is 0 Å². The van der Waals surface area contributed by atoms with Crippen molar-refractivity contribution in [2.45, 2.75) is 44.6 Å². The van der Waals surface area contributed by atoms with Crippen LogP contribution in [0.3, 0.4) is 0 Å². The number of carbonyl (C=O) groups is 1. The molecular formula is C14H19Cl2N3O. The molecule has 0 saturated heterocycles. The van der Waals surface area contributed by atoms with E-state index in [1.165, 1.54) is 6.42 Å². The van der Waals surface area contributed by atoms with E-state index in [0.717, 1.165) is 25.7 Å². The first-order valence-electron chi connectivity index (χ1n) is 6.83. The average molecular weight is 316 g/mol. The number of carbonyl (C=O) groups excluding carboxylic acids is 1. The van der Waals surface area contributed by atoms with Gasteiger partial charge < -0.3 is 11.1 Å². The zero-order valence-corrected chi connectivity index (χ0v) is 13.0. The highest BCUT2D eigenvalue weighted by atomic mass is 35.5. The summed E-state index contributed by atoms with van der Waals surface area (Å²) in [5, 5.41) is 3.22. The quantitative estimate of drug-likeness (QED) is 0.837. The van der Waals surface area contributed by atoms with Crippen molar-refractivity contribution in [1.29, 1.82) is 0 Å². The maximum absolute atomic E-state index is 12.4. The maximum atomic E-state index is 12.4. The number of anilines is 1. The Morgan fingerprint density at radius 2 is 2.00 bits per heavy atom. The molecule has 2 rings (SSSR count). The number of aromatic nitrogens is 1. The predicted octanol–water partition coefficient (Wildman–Crippen LogP) is 3.62. The number of halogens is 2. The molecule has 0 radical (unpaired) electrons. The number of rotatable bonds is 3. The van der Waals surface area contributed by atoms with E-state index in [4.69, 9.17) is 28.9 Å². The van der Waals surface area contributed by atoms with Gasteiger partial charge in [0, 0.05) is 0 Å². The zero-order chi connectivity index (χ0) is 14.8. The number of nitrogens with two attached hydrogens (primary N) is 1. The Kier molecular flexibility index (Phi) is 4.89. The molecule has 20 heavy (non-hydrogen) atoms. The van der Waals surface area contributed by atoms with Gasteiger partial charge in [-0.25, -0.2) is 4.98 Å². The third-order valence-electron chi connectivity index (χ3n) is 4.01. The molecule has 0 bridgehead atoms. The molecule has 0 aliphatic heterocycles. The van der Waals surface area contributed by atoms with Gasteiger partial charge in [0.2, 0.25) is 5.91 Å². The molecule has 3 N–H and O–H groups in total. The molecule has 1 fully saturated rings. The molecule has 0 unspecified atom stereocenters. The minimum Gasteiger partial charge on any atom is -0.322 e. The van der Waals surface area contributed by atoms with Gasteiger partial charge in [-0.1, -0.05) is 42.5 Å². The lowest BCUT2D eigenvalue weighted by Gasteiger charge is -2.35. The third kappa shape index (κ3) is 3.43. The van der Waals surface area contributed by atoms with Crippen molar-refractivity contribution in [3.63, 3.8) is 0 Å². The first kappa shape index (κ1) is 15.5. The van der Waals surface area contributed by atoms with Gasteiger partial charge in [0.1, 0.15) is 5.15 Å². The van der Waals surface area contributed by atoms with Crippen molar-refractivity contribution in [2.24, 2.45) is 11.7 Å². The second-order valence-corrected chi connectivity index (χ2v) is 6.29. The van der Waals surface area contributed by atoms with E-state index < -0.39 is 5.54 Å². The molecule has 4 nitrogen and oxygen atoms in total. The Bertz CT molecular complexity index is 499. The van der Waals surface area contributed by atoms with Crippen molar-refractivity contribution in [3.05, 3.63) is 22.4 Å². The molecule has 1 atom stereocenters. The van der Waals surface area contributed by atoms with Gasteiger partial charge in [-0.2, -0.15) is 0 Å². The Morgan fingerprint density at radius 1 is 1.35 bits per heavy atom. The van der Waals surface area contributed by atoms with Crippen LogP contribution in [0.1, 0.15) is 39.0 Å². The molecule has 0 aromatic carbocycles. The van der Waals surface area contributed by atoms with Crippen LogP contribution in [-0.4, -0.2) is 16.4 Å². The van der Waals surface area contributed by atoms with E-state index >= 15 is 0 Å². The number of nitrogens with one attached hydrogen (secondary N) is 1. The molecule has 1 heterocycles. The standard InChI is InChI=1S/C14H19Cl2N3O/c1-14(17,9-5-3-2-4-6-9)13(20)18-10-7-8-11(15)19-12(10)16/h7-9H,2-6,17H2,1H3,(H,18,20)/t14-/m0/s1. The topological polar surface area (TPSA) is 68.0 Å². The van der Waals surface area contributed by atoms with Gasteiger partial charge in [-0.3, -0.25) is 4.79 Å². The normalized spacial score (nSPS) is 19.4. The fourth-order valence-electron chi connectivity index (χ4n) is 2.65. The zero-order valence-electron chi connectivity index (χ0n) is 11.5. The monoisotopic (exact) mass is 315 g/mol. The van der Waals surface area contributed by atoms with Crippen LogP contribution in [0.15, 0.2) is 12.1 Å². The van der Waals surface area contributed by atoms with Crippen molar-refractivity contribution in [2.75, 3.05) is 5.32 Å². The van der Waals surface area contributed by atoms with E-state index in [0.29, 0.717) is 5.69 Å². The summed E-state index contributed by atoms with van der Waals surface area (Å²) in [5.74, 6) is -0.0225. The van der Waals surface area contributed by atoms with Crippen LogP contribution in [0, 0.1) is 5.92 Å². The highest BCUT2D eigenvalue weighted by Crippen LogP contribution is 2.32. The number of nitrogens with zero attached hydrogens (tertiary/aromatic N) is 1. The Labute approximate surface area is 129 Å². The summed E-state index contributed by atoms with van der Waals surface area (Å²) in [5.41, 5.74) is 5.80. The second-order valence-electron chi connectivity index (χ2n) is 5.54. The smallest absolute Gasteiger partial charge is 0.244 e. The molecule has 1 aliphatic carbocycles. The first-order chi connectivity index (χ1) is 9.41. The summed E-state index contributed by atoms with van der Waals surface area (Å²) in [7, 11) is 0. The SMILES string of the molecule is C[C@@](N)(C(=O)Nc1ccc(Cl)nc1Cl)C1CCCCC1. The fraction of sp³-hybridized carbons (Fsp3) is 0.571. The van der Waals surface area contributed by atoms with Gasteiger partial charge >= 0.3 is 0 Å². The molecule has 1 aliphatic rings. The lowest BCUT2D eigenvalue weighted by molar-refractivity contribution is -0.122. The average Bonchev–Trinajstić information content (AvgIpc) is 2.42. The van der Waals surface area contributed by atoms with Gasteiger partial charge in [0.15, 0.2) is 5.15 Å². The summed E-state index contributed by atoms with van der Waals surface area (Å²) >= 11 is 11.7. The summed E-state index contributed by atoms with van der Waals surface area (Å²) in [6.45, 7) is 1.79. The van der Waals surface area contributed by atoms with Gasteiger partial charge in [0.05, 0.1) is 11.2 Å². The lowest BCUT2D eigenvalue weighted by atomic mass is 9.75. The Morgan fingerprint density at radius 3 is 2.60 bits per heavy atom. The summed E-state index contributed by atoms with van der Waals surface area (Å²) in [4.78, 5) is 16.3. The van der Waals surface area contributed by atoms with Crippen molar-refractivity contribution < 1.29 is 4.79 Å². The maximum Gasteiger partial charge on any atom is 0.244 e. The largest absolute Gasteiger partial charge is 0.322 e. The van der Waals surface area contributed by atoms with Crippen molar-refractivity contribution >= 4 is 34.8 Å². The van der Waals surface area contributed by atoms with Crippen LogP contribution >= 0.6 is 23.2 Å². The molecule has 1 aromatic rings. The fourth-order valence-corrected chi connectivity index (χ4v) is 3.04. The van der Waals surface area contributed by atoms with Crippen LogP contribution in [0.5, 0.6) is 0 Å². The molecule has 1 aromatic heterocycles. The van der Waals surface area contributed by atoms with Gasteiger partial charge in [-0.15, -0.1) is 0 Å². The van der Waals surface area contributed by atoms with Crippen LogP contribution in [0.25, 0.3) is 0 Å². The van der Waals surface area contributed by atoms with E-state index in [2.05, 4.69) is 10.3 Å². The molecule has 110 valence electrons. The number of amides is 1. The van der Waals surface area contributed by atoms with Crippen molar-refractivity contribution in [1.82, 2.24) is 4.98 Å². The minimum atomic E-state index is -0.899. The summed E-state index contributed by atoms with van der Waals surface area (Å²) in [6, 6.07) is 3.21. The van der Waals surface area contributed by atoms with Crippen LogP contribution in [0.4, 0.5) is 5.69 Å². The van der Waals surface area contributed by atoms with Crippen LogP contribution < -0.4 is 11.1 Å². The number of hydrogen-bond donors (Lipinski definition) is 2. The van der Waals surface area contributed by atoms with Crippen LogP contribution in [-0.2, 0) is 4.79 Å². The molecule has 0 spiro atoms. The summed E-state index contributed by atoms with van der Waals surface area (Å²) < 4.78 is 0. The van der Waals surface area contributed by atoms with Crippen LogP contribution in [0.2, 0.25) is 10.3 Å². The first-order valence-corrected chi connectivity index (χ1v) is 7.59. The highest BCUT2D eigenvalue weighted by molar-refractivity contribution is 6.34. The number of hydrogen-bond acceptors (Lipinski definition) is 3. The molecule has 1 saturated carbocycles. The predicted molar refractivity (Wildman–Crippen MR) is 82.1 cm³/mol. The third-order valence-corrected chi connectivity index (χ3v) is 4.50. The van der Waals surface area contributed by atoms with E-state index in [9.17, 15) is 4.79 Å². The van der Waals surface area contributed by atoms with Gasteiger partial charge in [-0.05, 0) is 37.8 Å². The Balaban J connectivity index is 2.09. The van der Waals surface area contributed by atoms with E-state index in [1.807, 2.05) is 0 Å². The van der Waals surface area contributed by atoms with E-state index in [-0.39, 0.29) is 22.1 Å². The highest BCUT2D eigenvalue weighted by Gasteiger charge is 2.38. The van der Waals surface area contributed by atoms with E-state index in [1.54, 1.807) is 19.1 Å². The minimum absolute atomic E-state index is 0.172. The molecule has 1 amide bonds. The summed E-state index contributed by atoms with van der Waals surface area (Å²) in [6.07, 6.45) is 5.48. The lowest BCUT2D eigenvalue weighted by Crippen LogP contribution is -2.54. The molecule has 6 heteroatoms. The molecular weight excluding hydrogens is 297 g/mol. The second kappa shape index (κ2) is 6.29.